The number of nitrogens with one attached hydrogen (secondary N) is 1. The van der Waals surface area contributed by atoms with Crippen molar-refractivity contribution >= 4 is 29.7 Å². The molecule has 0 fully saturated rings. The zero-order valence-corrected chi connectivity index (χ0v) is 16.9. The van der Waals surface area contributed by atoms with E-state index in [1.54, 1.807) is 42.5 Å². The van der Waals surface area contributed by atoms with Crippen LogP contribution in [0.1, 0.15) is 21.5 Å². The third-order valence-corrected chi connectivity index (χ3v) is 4.42. The van der Waals surface area contributed by atoms with Gasteiger partial charge in [0.15, 0.2) is 11.5 Å². The number of hydrazone groups is 1. The van der Waals surface area contributed by atoms with Gasteiger partial charge in [-0.3, -0.25) is 4.79 Å². The Labute approximate surface area is 179 Å². The number of nitrogens with zero attached hydrogens (tertiary/aromatic N) is 1. The molecule has 3 aromatic carbocycles. The first-order chi connectivity index (χ1) is 14.6. The van der Waals surface area contributed by atoms with Crippen molar-refractivity contribution in [3.63, 3.8) is 0 Å². The normalized spacial score (nSPS) is 10.6. The summed E-state index contributed by atoms with van der Waals surface area (Å²) in [6, 6.07) is 20.9. The summed E-state index contributed by atoms with van der Waals surface area (Å²) < 4.78 is 10.7. The fourth-order valence-corrected chi connectivity index (χ4v) is 2.84. The topological polar surface area (TPSA) is 77.0 Å². The molecule has 0 saturated heterocycles. The van der Waals surface area contributed by atoms with Gasteiger partial charge >= 0.3 is 5.97 Å². The molecule has 0 aromatic heterocycles. The van der Waals surface area contributed by atoms with Gasteiger partial charge in [0, 0.05) is 0 Å². The van der Waals surface area contributed by atoms with Gasteiger partial charge in [0.05, 0.1) is 30.3 Å². The van der Waals surface area contributed by atoms with E-state index < -0.39 is 5.97 Å². The minimum Gasteiger partial charge on any atom is -0.493 e. The molecular formula is C23H19ClN2O4. The quantitative estimate of drug-likeness (QED) is 0.267. The molecule has 0 radical (unpaired) electrons. The molecule has 0 aliphatic rings. The van der Waals surface area contributed by atoms with E-state index in [0.29, 0.717) is 16.3 Å². The van der Waals surface area contributed by atoms with Crippen LogP contribution in [0.15, 0.2) is 77.9 Å². The maximum absolute atomic E-state index is 12.3. The van der Waals surface area contributed by atoms with Crippen LogP contribution in [0.3, 0.4) is 0 Å². The van der Waals surface area contributed by atoms with Crippen LogP contribution in [0.5, 0.6) is 11.5 Å². The number of rotatable bonds is 7. The highest BCUT2D eigenvalue weighted by Gasteiger charge is 2.15. The standard InChI is InChI=1S/C23H19ClN2O4/c1-29-21-13-17(15-25-26-22(27)14-16-7-3-2-4-8-16)11-12-20(21)30-23(28)18-9-5-6-10-19(18)24/h2-13,15H,14H2,1H3,(H,26,27)/b25-15+. The molecule has 6 nitrogen and oxygen atoms in total. The molecule has 0 aliphatic heterocycles. The maximum Gasteiger partial charge on any atom is 0.345 e. The molecule has 7 heteroatoms. The molecule has 0 saturated carbocycles. The molecule has 0 heterocycles. The molecule has 0 atom stereocenters. The summed E-state index contributed by atoms with van der Waals surface area (Å²) in [5, 5.41) is 4.26. The van der Waals surface area contributed by atoms with Gasteiger partial charge in [-0.2, -0.15) is 5.10 Å². The maximum atomic E-state index is 12.3. The van der Waals surface area contributed by atoms with E-state index in [1.807, 2.05) is 30.3 Å². The van der Waals surface area contributed by atoms with Gasteiger partial charge in [0.25, 0.3) is 0 Å². The highest BCUT2D eigenvalue weighted by atomic mass is 35.5. The Morgan fingerprint density at radius 2 is 1.73 bits per heavy atom. The van der Waals surface area contributed by atoms with E-state index in [4.69, 9.17) is 21.1 Å². The average Bonchev–Trinajstić information content (AvgIpc) is 2.75. The van der Waals surface area contributed by atoms with Crippen LogP contribution in [-0.4, -0.2) is 25.2 Å². The molecule has 0 spiro atoms. The molecule has 30 heavy (non-hydrogen) atoms. The summed E-state index contributed by atoms with van der Waals surface area (Å²) in [7, 11) is 1.46. The summed E-state index contributed by atoms with van der Waals surface area (Å²) in [6.07, 6.45) is 1.71. The fourth-order valence-electron chi connectivity index (χ4n) is 2.63. The van der Waals surface area contributed by atoms with Crippen molar-refractivity contribution in [2.45, 2.75) is 6.42 Å². The largest absolute Gasteiger partial charge is 0.493 e. The summed E-state index contributed by atoms with van der Waals surface area (Å²) in [5.41, 5.74) is 4.30. The number of ether oxygens (including phenoxy) is 2. The number of carbonyl (C=O) groups excluding carboxylic acids is 2. The van der Waals surface area contributed by atoms with Gasteiger partial charge in [-0.15, -0.1) is 0 Å². The van der Waals surface area contributed by atoms with Crippen LogP contribution in [0, 0.1) is 0 Å². The predicted octanol–water partition coefficient (Wildman–Crippen LogP) is 4.26. The number of benzene rings is 3. The summed E-state index contributed by atoms with van der Waals surface area (Å²) >= 11 is 6.03. The van der Waals surface area contributed by atoms with Crippen LogP contribution in [-0.2, 0) is 11.2 Å². The molecular weight excluding hydrogens is 404 g/mol. The van der Waals surface area contributed by atoms with Crippen LogP contribution >= 0.6 is 11.6 Å². The van der Waals surface area contributed by atoms with E-state index in [1.165, 1.54) is 13.3 Å². The second kappa shape index (κ2) is 10.2. The third kappa shape index (κ3) is 5.68. The van der Waals surface area contributed by atoms with E-state index in [-0.39, 0.29) is 23.6 Å². The van der Waals surface area contributed by atoms with Crippen molar-refractivity contribution in [1.82, 2.24) is 5.43 Å². The lowest BCUT2D eigenvalue weighted by molar-refractivity contribution is -0.120. The summed E-state index contributed by atoms with van der Waals surface area (Å²) in [6.45, 7) is 0. The van der Waals surface area contributed by atoms with Gasteiger partial charge in [-0.1, -0.05) is 54.1 Å². The minimum atomic E-state index is -0.589. The van der Waals surface area contributed by atoms with E-state index in [2.05, 4.69) is 10.5 Å². The molecule has 0 bridgehead atoms. The van der Waals surface area contributed by atoms with Crippen LogP contribution in [0.25, 0.3) is 0 Å². The first kappa shape index (κ1) is 21.1. The average molecular weight is 423 g/mol. The lowest BCUT2D eigenvalue weighted by Gasteiger charge is -2.10. The van der Waals surface area contributed by atoms with E-state index >= 15 is 0 Å². The number of halogens is 1. The zero-order valence-electron chi connectivity index (χ0n) is 16.2. The molecule has 1 N–H and O–H groups in total. The van der Waals surface area contributed by atoms with Crippen LogP contribution < -0.4 is 14.9 Å². The zero-order chi connectivity index (χ0) is 21.3. The Bertz CT molecular complexity index is 1070. The molecule has 3 aromatic rings. The van der Waals surface area contributed by atoms with Gasteiger partial charge < -0.3 is 9.47 Å². The molecule has 152 valence electrons. The number of methoxy groups -OCH3 is 1. The summed E-state index contributed by atoms with van der Waals surface area (Å²) in [4.78, 5) is 24.3. The second-order valence-corrected chi connectivity index (χ2v) is 6.64. The lowest BCUT2D eigenvalue weighted by atomic mass is 10.1. The Kier molecular flexibility index (Phi) is 7.19. The highest BCUT2D eigenvalue weighted by molar-refractivity contribution is 6.33. The second-order valence-electron chi connectivity index (χ2n) is 6.24. The third-order valence-electron chi connectivity index (χ3n) is 4.09. The number of carbonyl (C=O) groups is 2. The van der Waals surface area contributed by atoms with Crippen molar-refractivity contribution in [1.29, 1.82) is 0 Å². The van der Waals surface area contributed by atoms with Gasteiger partial charge in [0.1, 0.15) is 0 Å². The lowest BCUT2D eigenvalue weighted by Crippen LogP contribution is -2.19. The van der Waals surface area contributed by atoms with Crippen molar-refractivity contribution in [3.8, 4) is 11.5 Å². The van der Waals surface area contributed by atoms with Gasteiger partial charge in [-0.05, 0) is 41.5 Å². The monoisotopic (exact) mass is 422 g/mol. The molecule has 0 unspecified atom stereocenters. The molecule has 0 aliphatic carbocycles. The fraction of sp³-hybridized carbons (Fsp3) is 0.0870. The number of esters is 1. The SMILES string of the molecule is COc1cc(/C=N/NC(=O)Cc2ccccc2)ccc1OC(=O)c1ccccc1Cl. The summed E-state index contributed by atoms with van der Waals surface area (Å²) in [5.74, 6) is -0.231. The van der Waals surface area contributed by atoms with E-state index in [0.717, 1.165) is 5.56 Å². The first-order valence-corrected chi connectivity index (χ1v) is 9.45. The van der Waals surface area contributed by atoms with E-state index in [9.17, 15) is 9.59 Å². The first-order valence-electron chi connectivity index (χ1n) is 9.07. The van der Waals surface area contributed by atoms with Crippen molar-refractivity contribution in [2.75, 3.05) is 7.11 Å². The van der Waals surface area contributed by atoms with Crippen molar-refractivity contribution in [3.05, 3.63) is 94.5 Å². The molecule has 3 rings (SSSR count). The van der Waals surface area contributed by atoms with Gasteiger partial charge in [-0.25, -0.2) is 10.2 Å². The van der Waals surface area contributed by atoms with Crippen molar-refractivity contribution in [2.24, 2.45) is 5.10 Å². The predicted molar refractivity (Wildman–Crippen MR) is 115 cm³/mol. The van der Waals surface area contributed by atoms with Crippen LogP contribution in [0.2, 0.25) is 5.02 Å². The van der Waals surface area contributed by atoms with Gasteiger partial charge in [0.2, 0.25) is 5.91 Å². The number of hydrogen-bond acceptors (Lipinski definition) is 5. The Morgan fingerprint density at radius 1 is 1.00 bits per heavy atom. The smallest absolute Gasteiger partial charge is 0.345 e. The Morgan fingerprint density at radius 3 is 2.47 bits per heavy atom. The minimum absolute atomic E-state index is 0.227. The highest BCUT2D eigenvalue weighted by Crippen LogP contribution is 2.29. The Hall–Kier alpha value is -3.64. The van der Waals surface area contributed by atoms with Crippen molar-refractivity contribution < 1.29 is 19.1 Å². The number of amides is 1. The Balaban J connectivity index is 1.63. The number of hydrogen-bond donors (Lipinski definition) is 1. The van der Waals surface area contributed by atoms with Crippen LogP contribution in [0.4, 0.5) is 0 Å². The molecule has 1 amide bonds.